The third kappa shape index (κ3) is 4.45. The first-order valence-corrected chi connectivity index (χ1v) is 13.6. The van der Waals surface area contributed by atoms with Crippen molar-refractivity contribution in [2.24, 2.45) is 10.9 Å². The van der Waals surface area contributed by atoms with Crippen LogP contribution < -0.4 is 9.80 Å². The zero-order chi connectivity index (χ0) is 27.5. The van der Waals surface area contributed by atoms with Gasteiger partial charge in [0.1, 0.15) is 17.5 Å². The fraction of sp³-hybridized carbons (Fsp3) is 0.448. The molecular weight excluding hydrogens is 500 g/mol. The molecule has 1 saturated heterocycles. The predicted molar refractivity (Wildman–Crippen MR) is 147 cm³/mol. The lowest BCUT2D eigenvalue weighted by Crippen LogP contribution is -2.51. The molecular formula is C29H33F2N7O. The van der Waals surface area contributed by atoms with Crippen molar-refractivity contribution in [3.8, 4) is 11.4 Å². The normalized spacial score (nSPS) is 20.3. The van der Waals surface area contributed by atoms with E-state index in [1.54, 1.807) is 17.2 Å². The maximum Gasteiger partial charge on any atom is 0.283 e. The van der Waals surface area contributed by atoms with Crippen LogP contribution in [0.3, 0.4) is 0 Å². The monoisotopic (exact) mass is 533 g/mol. The van der Waals surface area contributed by atoms with Crippen molar-refractivity contribution >= 4 is 23.5 Å². The minimum absolute atomic E-state index is 0.198. The number of nitrogens with zero attached hydrogens (tertiary/aromatic N) is 7. The van der Waals surface area contributed by atoms with Crippen LogP contribution in [0, 0.1) is 17.6 Å². The molecule has 0 N–H and O–H groups in total. The Hall–Kier alpha value is -3.82. The summed E-state index contributed by atoms with van der Waals surface area (Å²) in [7, 11) is 0. The summed E-state index contributed by atoms with van der Waals surface area (Å²) < 4.78 is 29.8. The Morgan fingerprint density at radius 2 is 1.95 bits per heavy atom. The van der Waals surface area contributed by atoms with Gasteiger partial charge >= 0.3 is 0 Å². The van der Waals surface area contributed by atoms with E-state index in [0.717, 1.165) is 37.0 Å². The molecule has 1 fully saturated rings. The number of fused-ring (bicyclic) bond motifs is 3. The van der Waals surface area contributed by atoms with Gasteiger partial charge in [0, 0.05) is 31.4 Å². The number of hydrogen-bond acceptors (Lipinski definition) is 6. The summed E-state index contributed by atoms with van der Waals surface area (Å²) in [6.45, 7) is 11.4. The second-order valence-corrected chi connectivity index (χ2v) is 11.4. The number of amides is 1. The smallest absolute Gasteiger partial charge is 0.283 e. The molecule has 3 aliphatic rings. The molecule has 3 aliphatic heterocycles. The van der Waals surface area contributed by atoms with Crippen LogP contribution in [0.25, 0.3) is 11.4 Å². The van der Waals surface area contributed by atoms with Crippen molar-refractivity contribution in [3.05, 3.63) is 59.4 Å². The summed E-state index contributed by atoms with van der Waals surface area (Å²) in [5, 5.41) is 0. The number of carbonyl (C=O) groups excluding carboxylic acids is 1. The van der Waals surface area contributed by atoms with Gasteiger partial charge in [0.05, 0.1) is 18.6 Å². The predicted octanol–water partition coefficient (Wildman–Crippen LogP) is 4.94. The van der Waals surface area contributed by atoms with Gasteiger partial charge in [-0.3, -0.25) is 14.6 Å². The van der Waals surface area contributed by atoms with Gasteiger partial charge in [0.15, 0.2) is 17.3 Å². The van der Waals surface area contributed by atoms with E-state index < -0.39 is 17.2 Å². The van der Waals surface area contributed by atoms with Crippen LogP contribution in [0.1, 0.15) is 56.6 Å². The Balaban J connectivity index is 1.47. The minimum Gasteiger partial charge on any atom is -0.356 e. The van der Waals surface area contributed by atoms with E-state index in [-0.39, 0.29) is 12.5 Å². The van der Waals surface area contributed by atoms with Crippen LogP contribution >= 0.6 is 0 Å². The number of hydrogen-bond donors (Lipinski definition) is 0. The van der Waals surface area contributed by atoms with Crippen molar-refractivity contribution in [1.82, 2.24) is 19.4 Å². The zero-order valence-electron chi connectivity index (χ0n) is 22.8. The van der Waals surface area contributed by atoms with Gasteiger partial charge in [0.2, 0.25) is 5.96 Å². The van der Waals surface area contributed by atoms with Gasteiger partial charge in [-0.05, 0) is 69.4 Å². The number of aliphatic imine (C=N–C) groups is 1. The lowest BCUT2D eigenvalue weighted by molar-refractivity contribution is 0.0841. The third-order valence-electron chi connectivity index (χ3n) is 7.70. The molecule has 0 aliphatic carbocycles. The van der Waals surface area contributed by atoms with E-state index in [9.17, 15) is 13.6 Å². The average Bonchev–Trinajstić information content (AvgIpc) is 3.43. The van der Waals surface area contributed by atoms with E-state index in [0.29, 0.717) is 47.9 Å². The standard InChI is InChI=1S/C29H33F2N7O/c1-5-36-27(39)24-26(38-17-29(3,4)34-28(36)38)37(16-19-8-10-21(30)22(31)13-19)25(33-24)20-9-11-23(32-14-20)35-12-6-7-18(2)15-35/h8-11,13-14,18H,5-7,12,15-17H2,1-4H3. The molecule has 1 unspecified atom stereocenters. The molecule has 8 nitrogen and oxygen atoms in total. The number of pyridine rings is 1. The van der Waals surface area contributed by atoms with Crippen LogP contribution in [0.4, 0.5) is 20.4 Å². The molecule has 1 aromatic carbocycles. The van der Waals surface area contributed by atoms with Crippen molar-refractivity contribution in [1.29, 1.82) is 0 Å². The molecule has 3 aromatic rings. The number of guanidine groups is 1. The van der Waals surface area contributed by atoms with Gasteiger partial charge in [0.25, 0.3) is 5.91 Å². The molecule has 1 atom stereocenters. The van der Waals surface area contributed by atoms with Crippen molar-refractivity contribution in [2.45, 2.75) is 52.6 Å². The minimum atomic E-state index is -0.914. The average molecular weight is 534 g/mol. The highest BCUT2D eigenvalue weighted by molar-refractivity contribution is 6.18. The van der Waals surface area contributed by atoms with Crippen molar-refractivity contribution < 1.29 is 13.6 Å². The van der Waals surface area contributed by atoms with E-state index in [4.69, 9.17) is 15.0 Å². The Morgan fingerprint density at radius 1 is 1.13 bits per heavy atom. The number of anilines is 2. The largest absolute Gasteiger partial charge is 0.356 e. The SMILES string of the molecule is CCN1C(=O)c2nc(-c3ccc(N4CCCC(C)C4)nc3)n(Cc3ccc(F)c(F)c3)c2N2CC(C)(C)N=C12. The summed E-state index contributed by atoms with van der Waals surface area (Å²) in [4.78, 5) is 34.1. The molecule has 2 aromatic heterocycles. The highest BCUT2D eigenvalue weighted by Crippen LogP contribution is 2.39. The maximum atomic E-state index is 14.2. The van der Waals surface area contributed by atoms with Crippen LogP contribution in [-0.4, -0.2) is 63.0 Å². The maximum absolute atomic E-state index is 14.2. The van der Waals surface area contributed by atoms with Gasteiger partial charge in [-0.25, -0.2) is 23.7 Å². The molecule has 0 spiro atoms. The lowest BCUT2D eigenvalue weighted by atomic mass is 10.0. The van der Waals surface area contributed by atoms with Crippen LogP contribution in [0.15, 0.2) is 41.5 Å². The molecule has 0 radical (unpaired) electrons. The summed E-state index contributed by atoms with van der Waals surface area (Å²) >= 11 is 0. The lowest BCUT2D eigenvalue weighted by Gasteiger charge is -2.34. The second kappa shape index (κ2) is 9.43. The second-order valence-electron chi connectivity index (χ2n) is 11.4. The first kappa shape index (κ1) is 25.5. The Labute approximate surface area is 227 Å². The molecule has 0 saturated carbocycles. The highest BCUT2D eigenvalue weighted by atomic mass is 19.2. The molecule has 6 rings (SSSR count). The van der Waals surface area contributed by atoms with Gasteiger partial charge in [-0.1, -0.05) is 13.0 Å². The summed E-state index contributed by atoms with van der Waals surface area (Å²) in [6.07, 6.45) is 4.15. The number of imidazole rings is 1. The Bertz CT molecular complexity index is 1460. The number of halogens is 2. The topological polar surface area (TPSA) is 69.9 Å². The number of piperidine rings is 1. The summed E-state index contributed by atoms with van der Waals surface area (Å²) in [5.74, 6) is 1.25. The van der Waals surface area contributed by atoms with Crippen molar-refractivity contribution in [2.75, 3.05) is 36.0 Å². The number of benzene rings is 1. The number of carbonyl (C=O) groups is 1. The van der Waals surface area contributed by atoms with Crippen LogP contribution in [0.5, 0.6) is 0 Å². The van der Waals surface area contributed by atoms with Crippen LogP contribution in [-0.2, 0) is 6.54 Å². The zero-order valence-corrected chi connectivity index (χ0v) is 22.8. The van der Waals surface area contributed by atoms with E-state index in [2.05, 4.69) is 11.8 Å². The third-order valence-corrected chi connectivity index (χ3v) is 7.70. The van der Waals surface area contributed by atoms with Gasteiger partial charge in [-0.2, -0.15) is 0 Å². The van der Waals surface area contributed by atoms with Crippen molar-refractivity contribution in [3.63, 3.8) is 0 Å². The first-order chi connectivity index (χ1) is 18.6. The van der Waals surface area contributed by atoms with Crippen LogP contribution in [0.2, 0.25) is 0 Å². The molecule has 39 heavy (non-hydrogen) atoms. The molecule has 1 amide bonds. The van der Waals surface area contributed by atoms with E-state index in [1.165, 1.54) is 12.5 Å². The summed E-state index contributed by atoms with van der Waals surface area (Å²) in [5.41, 5.74) is 1.22. The van der Waals surface area contributed by atoms with Gasteiger partial charge in [-0.15, -0.1) is 0 Å². The fourth-order valence-electron chi connectivity index (χ4n) is 5.86. The highest BCUT2D eigenvalue weighted by Gasteiger charge is 2.45. The fourth-order valence-corrected chi connectivity index (χ4v) is 5.86. The summed E-state index contributed by atoms with van der Waals surface area (Å²) in [6, 6.07) is 7.84. The Kier molecular flexibility index (Phi) is 6.15. The Morgan fingerprint density at radius 3 is 2.64 bits per heavy atom. The quantitative estimate of drug-likeness (QED) is 0.465. The number of aromatic nitrogens is 3. The molecule has 0 bridgehead atoms. The molecule has 204 valence electrons. The van der Waals surface area contributed by atoms with E-state index >= 15 is 0 Å². The first-order valence-electron chi connectivity index (χ1n) is 13.6. The molecule has 5 heterocycles. The van der Waals surface area contributed by atoms with Gasteiger partial charge < -0.3 is 9.47 Å². The number of rotatable bonds is 5. The van der Waals surface area contributed by atoms with E-state index in [1.807, 2.05) is 42.4 Å². The molecule has 10 heteroatoms.